The van der Waals surface area contributed by atoms with Gasteiger partial charge in [0, 0.05) is 17.8 Å². The molecule has 3 amide bonds. The smallest absolute Gasteiger partial charge is 0.233 e. The van der Waals surface area contributed by atoms with E-state index in [4.69, 9.17) is 0 Å². The third-order valence-electron chi connectivity index (χ3n) is 6.89. The standard InChI is InChI=1S/C24H26N2O4S2/c27-19(11-12-26-23(29)14-6-1-2-7-15(14)24(26)30)25-22-20(21(28)18-10-5-13-31-18)16-8-3-4-9-17(16)32-22/h5,10,13-15H,1-4,6-9,11-12H2,(H,25,27). The van der Waals surface area contributed by atoms with Crippen LogP contribution in [0.1, 0.15) is 70.6 Å². The summed E-state index contributed by atoms with van der Waals surface area (Å²) >= 11 is 2.90. The molecule has 1 N–H and O–H groups in total. The molecule has 2 unspecified atom stereocenters. The summed E-state index contributed by atoms with van der Waals surface area (Å²) in [4.78, 5) is 54.5. The SMILES string of the molecule is O=C(CCN1C(=O)C2CCCCC2C1=O)Nc1sc2c(c1C(=O)c1cccs1)CCCC2. The monoisotopic (exact) mass is 470 g/mol. The van der Waals surface area contributed by atoms with Crippen molar-refractivity contribution in [1.82, 2.24) is 4.90 Å². The van der Waals surface area contributed by atoms with Crippen molar-refractivity contribution in [2.75, 3.05) is 11.9 Å². The van der Waals surface area contributed by atoms with Crippen molar-refractivity contribution < 1.29 is 19.2 Å². The van der Waals surface area contributed by atoms with E-state index in [-0.39, 0.29) is 48.3 Å². The number of amides is 3. The molecule has 2 fully saturated rings. The van der Waals surface area contributed by atoms with Crippen molar-refractivity contribution in [3.8, 4) is 0 Å². The lowest BCUT2D eigenvalue weighted by Crippen LogP contribution is -2.34. The van der Waals surface area contributed by atoms with Crippen LogP contribution < -0.4 is 5.32 Å². The van der Waals surface area contributed by atoms with E-state index < -0.39 is 0 Å². The van der Waals surface area contributed by atoms with Gasteiger partial charge in [-0.2, -0.15) is 0 Å². The molecule has 8 heteroatoms. The Morgan fingerprint density at radius 1 is 1.03 bits per heavy atom. The van der Waals surface area contributed by atoms with Crippen LogP contribution in [-0.4, -0.2) is 34.9 Å². The van der Waals surface area contributed by atoms with Crippen LogP contribution in [0, 0.1) is 11.8 Å². The van der Waals surface area contributed by atoms with Crippen LogP contribution in [0.2, 0.25) is 0 Å². The molecule has 5 rings (SSSR count). The number of carbonyl (C=O) groups excluding carboxylic acids is 4. The van der Waals surface area contributed by atoms with Gasteiger partial charge in [0.15, 0.2) is 0 Å². The fraction of sp³-hybridized carbons (Fsp3) is 0.500. The fourth-order valence-electron chi connectivity index (χ4n) is 5.28. The molecule has 3 heterocycles. The molecule has 168 valence electrons. The maximum Gasteiger partial charge on any atom is 0.233 e. The number of nitrogens with zero attached hydrogens (tertiary/aromatic N) is 1. The van der Waals surface area contributed by atoms with Gasteiger partial charge in [-0.1, -0.05) is 18.9 Å². The number of hydrogen-bond acceptors (Lipinski definition) is 6. The molecule has 0 bridgehead atoms. The Labute approximate surface area is 195 Å². The summed E-state index contributed by atoms with van der Waals surface area (Å²) in [6, 6.07) is 3.67. The van der Waals surface area contributed by atoms with Gasteiger partial charge >= 0.3 is 0 Å². The number of anilines is 1. The van der Waals surface area contributed by atoms with Crippen molar-refractivity contribution in [2.45, 2.75) is 57.8 Å². The van der Waals surface area contributed by atoms with Gasteiger partial charge in [0.05, 0.1) is 22.3 Å². The number of nitrogens with one attached hydrogen (secondary N) is 1. The van der Waals surface area contributed by atoms with Crippen LogP contribution in [0.15, 0.2) is 17.5 Å². The zero-order valence-electron chi connectivity index (χ0n) is 17.9. The van der Waals surface area contributed by atoms with E-state index in [1.807, 2.05) is 17.5 Å². The van der Waals surface area contributed by atoms with Gasteiger partial charge in [0.2, 0.25) is 23.5 Å². The molecule has 2 aromatic heterocycles. The number of ketones is 1. The predicted octanol–water partition coefficient (Wildman–Crippen LogP) is 4.42. The summed E-state index contributed by atoms with van der Waals surface area (Å²) in [6.07, 6.45) is 7.48. The first-order valence-corrected chi connectivity index (χ1v) is 13.1. The molecule has 3 aliphatic rings. The third kappa shape index (κ3) is 3.83. The number of aryl methyl sites for hydroxylation is 1. The average molecular weight is 471 g/mol. The van der Waals surface area contributed by atoms with Crippen LogP contribution in [0.5, 0.6) is 0 Å². The van der Waals surface area contributed by atoms with Gasteiger partial charge in [-0.25, -0.2) is 0 Å². The van der Waals surface area contributed by atoms with Crippen LogP contribution in [0.3, 0.4) is 0 Å². The fourth-order valence-corrected chi connectivity index (χ4v) is 7.25. The minimum absolute atomic E-state index is 0.0383. The molecule has 0 radical (unpaired) electrons. The summed E-state index contributed by atoms with van der Waals surface area (Å²) in [6.45, 7) is 0.107. The first-order chi connectivity index (χ1) is 15.5. The Morgan fingerprint density at radius 2 is 1.75 bits per heavy atom. The predicted molar refractivity (Wildman–Crippen MR) is 124 cm³/mol. The van der Waals surface area contributed by atoms with Gasteiger partial charge < -0.3 is 5.32 Å². The summed E-state index contributed by atoms with van der Waals surface area (Å²) in [5, 5.41) is 5.43. The quantitative estimate of drug-likeness (QED) is 0.500. The van der Waals surface area contributed by atoms with Crippen LogP contribution in [0.4, 0.5) is 5.00 Å². The third-order valence-corrected chi connectivity index (χ3v) is 8.97. The maximum absolute atomic E-state index is 13.2. The number of thiophene rings is 2. The molecule has 1 aliphatic heterocycles. The van der Waals surface area contributed by atoms with Crippen molar-refractivity contribution in [1.29, 1.82) is 0 Å². The first-order valence-electron chi connectivity index (χ1n) is 11.4. The van der Waals surface area contributed by atoms with Gasteiger partial charge in [-0.3, -0.25) is 24.1 Å². The number of hydrogen-bond donors (Lipinski definition) is 1. The van der Waals surface area contributed by atoms with E-state index >= 15 is 0 Å². The zero-order chi connectivity index (χ0) is 22.2. The molecule has 1 saturated heterocycles. The molecule has 32 heavy (non-hydrogen) atoms. The van der Waals surface area contributed by atoms with Gasteiger partial charge in [-0.05, 0) is 55.5 Å². The highest BCUT2D eigenvalue weighted by Crippen LogP contribution is 2.40. The van der Waals surface area contributed by atoms with Gasteiger partial charge in [0.1, 0.15) is 5.00 Å². The number of rotatable bonds is 6. The van der Waals surface area contributed by atoms with Crippen LogP contribution in [0.25, 0.3) is 0 Å². The van der Waals surface area contributed by atoms with E-state index in [2.05, 4.69) is 5.32 Å². The van der Waals surface area contributed by atoms with Crippen molar-refractivity contribution in [2.24, 2.45) is 11.8 Å². The maximum atomic E-state index is 13.2. The van der Waals surface area contributed by atoms with E-state index in [1.165, 1.54) is 32.5 Å². The minimum atomic E-state index is -0.265. The van der Waals surface area contributed by atoms with E-state index in [1.54, 1.807) is 0 Å². The van der Waals surface area contributed by atoms with Crippen molar-refractivity contribution in [3.63, 3.8) is 0 Å². The summed E-state index contributed by atoms with van der Waals surface area (Å²) in [5.74, 6) is -0.931. The van der Waals surface area contributed by atoms with E-state index in [0.717, 1.165) is 56.9 Å². The Hall–Kier alpha value is -2.32. The second-order valence-electron chi connectivity index (χ2n) is 8.85. The Morgan fingerprint density at radius 3 is 2.44 bits per heavy atom. The summed E-state index contributed by atoms with van der Waals surface area (Å²) in [5.41, 5.74) is 1.70. The highest BCUT2D eigenvalue weighted by atomic mass is 32.1. The summed E-state index contributed by atoms with van der Waals surface area (Å²) < 4.78 is 0. The Balaban J connectivity index is 1.30. The lowest BCUT2D eigenvalue weighted by atomic mass is 9.81. The minimum Gasteiger partial charge on any atom is -0.317 e. The molecule has 2 aromatic rings. The molecule has 2 atom stereocenters. The van der Waals surface area contributed by atoms with Crippen LogP contribution in [-0.2, 0) is 27.2 Å². The second kappa shape index (κ2) is 8.90. The number of likely N-dealkylation sites (tertiary alicyclic amines) is 1. The molecular formula is C24H26N2O4S2. The van der Waals surface area contributed by atoms with Crippen LogP contribution >= 0.6 is 22.7 Å². The molecule has 0 aromatic carbocycles. The normalized spacial score (nSPS) is 22.6. The Kier molecular flexibility index (Phi) is 5.99. The number of imide groups is 1. The largest absolute Gasteiger partial charge is 0.317 e. The highest BCUT2D eigenvalue weighted by molar-refractivity contribution is 7.17. The molecule has 6 nitrogen and oxygen atoms in total. The molecule has 0 spiro atoms. The number of carbonyl (C=O) groups is 4. The van der Waals surface area contributed by atoms with Gasteiger partial charge in [-0.15, -0.1) is 22.7 Å². The van der Waals surface area contributed by atoms with Crippen molar-refractivity contribution in [3.05, 3.63) is 38.4 Å². The lowest BCUT2D eigenvalue weighted by molar-refractivity contribution is -0.140. The second-order valence-corrected chi connectivity index (χ2v) is 10.9. The average Bonchev–Trinajstić information content (AvgIpc) is 3.51. The zero-order valence-corrected chi connectivity index (χ0v) is 19.5. The lowest BCUT2D eigenvalue weighted by Gasteiger charge is -2.19. The first kappa shape index (κ1) is 21.5. The summed E-state index contributed by atoms with van der Waals surface area (Å²) in [7, 11) is 0. The van der Waals surface area contributed by atoms with E-state index in [0.29, 0.717) is 15.4 Å². The van der Waals surface area contributed by atoms with E-state index in [9.17, 15) is 19.2 Å². The molecular weight excluding hydrogens is 444 g/mol. The number of fused-ring (bicyclic) bond motifs is 2. The highest BCUT2D eigenvalue weighted by Gasteiger charge is 2.47. The Bertz CT molecular complexity index is 1050. The molecule has 2 aliphatic carbocycles. The van der Waals surface area contributed by atoms with Gasteiger partial charge in [0.25, 0.3) is 0 Å². The molecule has 1 saturated carbocycles. The topological polar surface area (TPSA) is 83.6 Å². The van der Waals surface area contributed by atoms with Crippen molar-refractivity contribution >= 4 is 51.2 Å².